The lowest BCUT2D eigenvalue weighted by Crippen LogP contribution is -2.44. The Labute approximate surface area is 104 Å². The molecule has 1 amide bonds. The quantitative estimate of drug-likeness (QED) is 0.753. The molecule has 2 rings (SSSR count). The Balaban J connectivity index is 1.79. The number of hydrogen-bond donors (Lipinski definition) is 0. The molecule has 0 aromatic carbocycles. The van der Waals surface area contributed by atoms with Crippen molar-refractivity contribution >= 4 is 5.91 Å². The molecule has 0 N–H and O–H groups in total. The average molecular weight is 234 g/mol. The van der Waals surface area contributed by atoms with Gasteiger partial charge in [-0.1, -0.05) is 6.42 Å². The van der Waals surface area contributed by atoms with Crippen LogP contribution < -0.4 is 0 Å². The van der Waals surface area contributed by atoms with E-state index in [1.54, 1.807) is 0 Å². The zero-order chi connectivity index (χ0) is 12.3. The Bertz CT molecular complexity index is 309. The minimum Gasteiger partial charge on any atom is -0.343 e. The Morgan fingerprint density at radius 3 is 2.35 bits per heavy atom. The minimum absolute atomic E-state index is 0.317. The lowest BCUT2D eigenvalue weighted by atomic mass is 9.81. The van der Waals surface area contributed by atoms with Crippen LogP contribution in [-0.2, 0) is 4.79 Å². The van der Waals surface area contributed by atoms with E-state index in [1.165, 1.54) is 6.42 Å². The van der Waals surface area contributed by atoms with Gasteiger partial charge in [-0.15, -0.1) is 0 Å². The van der Waals surface area contributed by atoms with Gasteiger partial charge in [0.1, 0.15) is 0 Å². The van der Waals surface area contributed by atoms with Gasteiger partial charge >= 0.3 is 0 Å². The summed E-state index contributed by atoms with van der Waals surface area (Å²) in [6.45, 7) is 0. The van der Waals surface area contributed by atoms with Gasteiger partial charge in [0.2, 0.25) is 5.91 Å². The topological polar surface area (TPSA) is 44.1 Å². The molecule has 0 heterocycles. The zero-order valence-electron chi connectivity index (χ0n) is 10.7. The van der Waals surface area contributed by atoms with E-state index in [2.05, 4.69) is 6.07 Å². The number of nitriles is 1. The monoisotopic (exact) mass is 234 g/mol. The summed E-state index contributed by atoms with van der Waals surface area (Å²) in [4.78, 5) is 14.1. The lowest BCUT2D eigenvalue weighted by molar-refractivity contribution is -0.139. The number of carbonyl (C=O) groups is 1. The summed E-state index contributed by atoms with van der Waals surface area (Å²) in [7, 11) is 1.97. The fraction of sp³-hybridized carbons (Fsp3) is 0.857. The van der Waals surface area contributed by atoms with Gasteiger partial charge in [-0.2, -0.15) is 5.26 Å². The van der Waals surface area contributed by atoms with E-state index in [4.69, 9.17) is 5.26 Å². The van der Waals surface area contributed by atoms with E-state index >= 15 is 0 Å². The molecule has 0 radical (unpaired) electrons. The number of hydrogen-bond acceptors (Lipinski definition) is 2. The molecule has 2 saturated carbocycles. The zero-order valence-corrected chi connectivity index (χ0v) is 10.7. The van der Waals surface area contributed by atoms with Gasteiger partial charge in [0.15, 0.2) is 0 Å². The van der Waals surface area contributed by atoms with Gasteiger partial charge in [0.05, 0.1) is 6.07 Å². The van der Waals surface area contributed by atoms with E-state index in [-0.39, 0.29) is 0 Å². The van der Waals surface area contributed by atoms with E-state index in [0.29, 0.717) is 30.2 Å². The Morgan fingerprint density at radius 1 is 1.24 bits per heavy atom. The molecule has 2 aliphatic carbocycles. The number of rotatable bonds is 3. The third-order valence-corrected chi connectivity index (χ3v) is 4.55. The molecule has 0 aromatic rings. The molecule has 0 unspecified atom stereocenters. The minimum atomic E-state index is 0.317. The molecule has 0 bridgehead atoms. The number of amides is 1. The second-order valence-electron chi connectivity index (χ2n) is 5.61. The van der Waals surface area contributed by atoms with Crippen molar-refractivity contribution in [2.75, 3.05) is 7.05 Å². The highest BCUT2D eigenvalue weighted by atomic mass is 16.2. The third kappa shape index (κ3) is 2.80. The smallest absolute Gasteiger partial charge is 0.225 e. The summed E-state index contributed by atoms with van der Waals surface area (Å²) < 4.78 is 0. The van der Waals surface area contributed by atoms with Gasteiger partial charge in [0, 0.05) is 25.4 Å². The molecule has 0 spiro atoms. The van der Waals surface area contributed by atoms with Crippen LogP contribution in [0, 0.1) is 23.2 Å². The highest BCUT2D eigenvalue weighted by Crippen LogP contribution is 2.32. The Morgan fingerprint density at radius 2 is 1.88 bits per heavy atom. The summed E-state index contributed by atoms with van der Waals surface area (Å²) in [5.74, 6) is 1.25. The second kappa shape index (κ2) is 5.53. The summed E-state index contributed by atoms with van der Waals surface area (Å²) in [5, 5.41) is 8.68. The summed E-state index contributed by atoms with van der Waals surface area (Å²) in [5.41, 5.74) is 0. The van der Waals surface area contributed by atoms with Crippen LogP contribution >= 0.6 is 0 Å². The molecule has 2 aliphatic rings. The molecule has 94 valence electrons. The first-order chi connectivity index (χ1) is 8.22. The summed E-state index contributed by atoms with van der Waals surface area (Å²) >= 11 is 0. The van der Waals surface area contributed by atoms with Gasteiger partial charge < -0.3 is 4.90 Å². The maximum absolute atomic E-state index is 12.1. The van der Waals surface area contributed by atoms with Gasteiger partial charge in [-0.05, 0) is 44.4 Å². The van der Waals surface area contributed by atoms with Gasteiger partial charge in [-0.25, -0.2) is 0 Å². The normalized spacial score (nSPS) is 29.2. The fourth-order valence-electron chi connectivity index (χ4n) is 2.99. The number of carbonyl (C=O) groups excluding carboxylic acids is 1. The van der Waals surface area contributed by atoms with Crippen molar-refractivity contribution in [3.8, 4) is 6.07 Å². The first kappa shape index (κ1) is 12.4. The predicted molar refractivity (Wildman–Crippen MR) is 66.1 cm³/mol. The first-order valence-corrected chi connectivity index (χ1v) is 6.86. The molecular weight excluding hydrogens is 212 g/mol. The van der Waals surface area contributed by atoms with Crippen molar-refractivity contribution in [3.05, 3.63) is 0 Å². The Kier molecular flexibility index (Phi) is 4.04. The van der Waals surface area contributed by atoms with Crippen molar-refractivity contribution in [1.29, 1.82) is 5.26 Å². The highest BCUT2D eigenvalue weighted by Gasteiger charge is 2.32. The molecule has 0 saturated heterocycles. The summed E-state index contributed by atoms with van der Waals surface area (Å²) in [6.07, 6.45) is 8.48. The van der Waals surface area contributed by atoms with Crippen LogP contribution in [0.2, 0.25) is 0 Å². The SMILES string of the molecule is CN(C(=O)C1CCC1)C1CCC(CC#N)CC1. The molecule has 3 heteroatoms. The maximum atomic E-state index is 12.1. The van der Waals surface area contributed by atoms with Gasteiger partial charge in [0.25, 0.3) is 0 Å². The van der Waals surface area contributed by atoms with Crippen LogP contribution in [0.5, 0.6) is 0 Å². The van der Waals surface area contributed by atoms with Crippen molar-refractivity contribution in [2.24, 2.45) is 11.8 Å². The Hall–Kier alpha value is -1.04. The third-order valence-electron chi connectivity index (χ3n) is 4.55. The molecule has 0 atom stereocenters. The second-order valence-corrected chi connectivity index (χ2v) is 5.61. The molecule has 3 nitrogen and oxygen atoms in total. The van der Waals surface area contributed by atoms with Crippen LogP contribution in [0.25, 0.3) is 0 Å². The van der Waals surface area contributed by atoms with Crippen molar-refractivity contribution < 1.29 is 4.79 Å². The van der Waals surface area contributed by atoms with Crippen molar-refractivity contribution in [3.63, 3.8) is 0 Å². The van der Waals surface area contributed by atoms with E-state index in [0.717, 1.165) is 38.5 Å². The predicted octanol–water partition coefficient (Wildman–Crippen LogP) is 2.72. The highest BCUT2D eigenvalue weighted by molar-refractivity contribution is 5.79. The van der Waals surface area contributed by atoms with Crippen LogP contribution in [0.15, 0.2) is 0 Å². The fourth-order valence-corrected chi connectivity index (χ4v) is 2.99. The van der Waals surface area contributed by atoms with Crippen LogP contribution in [-0.4, -0.2) is 23.9 Å². The summed E-state index contributed by atoms with van der Waals surface area (Å²) in [6, 6.07) is 2.69. The van der Waals surface area contributed by atoms with E-state index in [1.807, 2.05) is 11.9 Å². The first-order valence-electron chi connectivity index (χ1n) is 6.86. The molecular formula is C14H22N2O. The lowest BCUT2D eigenvalue weighted by Gasteiger charge is -2.37. The van der Waals surface area contributed by atoms with Crippen LogP contribution in [0.4, 0.5) is 0 Å². The van der Waals surface area contributed by atoms with Gasteiger partial charge in [-0.3, -0.25) is 4.79 Å². The largest absolute Gasteiger partial charge is 0.343 e. The van der Waals surface area contributed by atoms with Crippen molar-refractivity contribution in [2.45, 2.75) is 57.4 Å². The molecule has 0 aromatic heterocycles. The maximum Gasteiger partial charge on any atom is 0.225 e. The number of nitrogens with zero attached hydrogens (tertiary/aromatic N) is 2. The van der Waals surface area contributed by atoms with Crippen LogP contribution in [0.1, 0.15) is 51.4 Å². The van der Waals surface area contributed by atoms with E-state index in [9.17, 15) is 4.79 Å². The molecule has 17 heavy (non-hydrogen) atoms. The average Bonchev–Trinajstić information content (AvgIpc) is 2.27. The molecule has 0 aliphatic heterocycles. The van der Waals surface area contributed by atoms with E-state index < -0.39 is 0 Å². The molecule has 2 fully saturated rings. The standard InChI is InChI=1S/C14H22N2O/c1-16(14(17)12-3-2-4-12)13-7-5-11(6-8-13)9-10-15/h11-13H,2-9H2,1H3. The van der Waals surface area contributed by atoms with Crippen molar-refractivity contribution in [1.82, 2.24) is 4.90 Å². The van der Waals surface area contributed by atoms with Crippen LogP contribution in [0.3, 0.4) is 0 Å².